The molecular weight excluding hydrogens is 159 g/mol. The van der Waals surface area contributed by atoms with Gasteiger partial charge in [0.05, 0.1) is 11.9 Å². The minimum atomic E-state index is -4.47. The van der Waals surface area contributed by atoms with Gasteiger partial charge in [-0.25, -0.2) is 0 Å². The normalized spacial score (nSPS) is 11.5. The maximum atomic E-state index is 11.8. The lowest BCUT2D eigenvalue weighted by atomic mass is 10.3. The molecule has 60 valence electrons. The monoisotopic (exact) mass is 163 g/mol. The van der Waals surface area contributed by atoms with E-state index < -0.39 is 11.9 Å². The van der Waals surface area contributed by atoms with Crippen LogP contribution in [0.1, 0.15) is 5.69 Å². The van der Waals surface area contributed by atoms with E-state index in [0.29, 0.717) is 0 Å². The van der Waals surface area contributed by atoms with Crippen LogP contribution in [0.4, 0.5) is 18.9 Å². The van der Waals surface area contributed by atoms with E-state index in [-0.39, 0.29) is 5.69 Å². The molecule has 1 aromatic heterocycles. The Hall–Kier alpha value is -1.33. The van der Waals surface area contributed by atoms with Gasteiger partial charge in [-0.2, -0.15) is 18.3 Å². The van der Waals surface area contributed by atoms with Crippen LogP contribution in [-0.2, 0) is 6.18 Å². The van der Waals surface area contributed by atoms with Gasteiger partial charge in [0.2, 0.25) is 0 Å². The van der Waals surface area contributed by atoms with E-state index in [1.54, 1.807) is 0 Å². The zero-order chi connectivity index (χ0) is 8.48. The quantitative estimate of drug-likeness (QED) is 0.622. The molecular formula is C5H4F3N3. The molecule has 0 aliphatic rings. The van der Waals surface area contributed by atoms with Crippen molar-refractivity contribution in [1.82, 2.24) is 10.2 Å². The number of nitrogens with zero attached hydrogens (tertiary/aromatic N) is 2. The maximum absolute atomic E-state index is 11.8. The highest BCUT2D eigenvalue weighted by Gasteiger charge is 2.32. The topological polar surface area (TPSA) is 51.8 Å². The fraction of sp³-hybridized carbons (Fsp3) is 0.200. The molecule has 0 amide bonds. The van der Waals surface area contributed by atoms with Crippen LogP contribution in [0.3, 0.4) is 0 Å². The van der Waals surface area contributed by atoms with Crippen molar-refractivity contribution in [2.75, 3.05) is 5.73 Å². The fourth-order valence-electron chi connectivity index (χ4n) is 0.520. The van der Waals surface area contributed by atoms with Crippen LogP contribution in [-0.4, -0.2) is 10.2 Å². The largest absolute Gasteiger partial charge is 0.435 e. The molecule has 0 fully saturated rings. The molecule has 2 N–H and O–H groups in total. The molecule has 0 aliphatic carbocycles. The molecule has 3 nitrogen and oxygen atoms in total. The first-order chi connectivity index (χ1) is 5.00. The van der Waals surface area contributed by atoms with Gasteiger partial charge < -0.3 is 5.73 Å². The van der Waals surface area contributed by atoms with Gasteiger partial charge in [0.15, 0.2) is 5.69 Å². The van der Waals surface area contributed by atoms with Crippen molar-refractivity contribution in [3.05, 3.63) is 18.0 Å². The van der Waals surface area contributed by atoms with Crippen LogP contribution in [0.15, 0.2) is 12.3 Å². The van der Waals surface area contributed by atoms with Gasteiger partial charge >= 0.3 is 6.18 Å². The number of hydrogen-bond donors (Lipinski definition) is 1. The molecule has 0 saturated heterocycles. The van der Waals surface area contributed by atoms with Gasteiger partial charge in [-0.3, -0.25) is 0 Å². The fourth-order valence-corrected chi connectivity index (χ4v) is 0.520. The number of alkyl halides is 3. The van der Waals surface area contributed by atoms with E-state index >= 15 is 0 Å². The third-order valence-electron chi connectivity index (χ3n) is 0.966. The van der Waals surface area contributed by atoms with Gasteiger partial charge in [0.1, 0.15) is 0 Å². The molecule has 0 saturated carbocycles. The summed E-state index contributed by atoms with van der Waals surface area (Å²) in [5, 5.41) is 5.91. The summed E-state index contributed by atoms with van der Waals surface area (Å²) in [5.41, 5.74) is 3.93. The van der Waals surface area contributed by atoms with E-state index in [2.05, 4.69) is 10.2 Å². The van der Waals surface area contributed by atoms with Crippen LogP contribution >= 0.6 is 0 Å². The summed E-state index contributed by atoms with van der Waals surface area (Å²) in [6.45, 7) is 0. The minimum absolute atomic E-state index is 0.0488. The van der Waals surface area contributed by atoms with Crippen molar-refractivity contribution in [3.63, 3.8) is 0 Å². The number of nitrogen functional groups attached to an aromatic ring is 1. The zero-order valence-corrected chi connectivity index (χ0v) is 5.26. The molecule has 6 heteroatoms. The summed E-state index contributed by atoms with van der Waals surface area (Å²) in [6.07, 6.45) is -3.42. The molecule has 0 radical (unpaired) electrons. The number of halogens is 3. The molecule has 1 heterocycles. The Balaban J connectivity index is 3.06. The van der Waals surface area contributed by atoms with E-state index in [1.165, 1.54) is 0 Å². The van der Waals surface area contributed by atoms with Gasteiger partial charge in [0, 0.05) is 0 Å². The lowest BCUT2D eigenvalue weighted by molar-refractivity contribution is -0.141. The molecule has 0 atom stereocenters. The number of anilines is 1. The van der Waals surface area contributed by atoms with E-state index in [1.807, 2.05) is 0 Å². The molecule has 0 spiro atoms. The van der Waals surface area contributed by atoms with Crippen LogP contribution in [0, 0.1) is 0 Å². The lowest BCUT2D eigenvalue weighted by Crippen LogP contribution is -2.09. The average molecular weight is 163 g/mol. The SMILES string of the molecule is Nc1cnnc(C(F)(F)F)c1. The second-order valence-corrected chi connectivity index (χ2v) is 1.87. The van der Waals surface area contributed by atoms with Crippen molar-refractivity contribution in [2.24, 2.45) is 0 Å². The predicted molar refractivity (Wildman–Crippen MR) is 31.4 cm³/mol. The van der Waals surface area contributed by atoms with Crippen LogP contribution in [0.25, 0.3) is 0 Å². The molecule has 0 bridgehead atoms. The van der Waals surface area contributed by atoms with Gasteiger partial charge in [-0.1, -0.05) is 0 Å². The molecule has 1 aromatic rings. The van der Waals surface area contributed by atoms with Gasteiger partial charge in [-0.05, 0) is 6.07 Å². The summed E-state index contributed by atoms with van der Waals surface area (Å²) in [5.74, 6) is 0. The van der Waals surface area contributed by atoms with E-state index in [9.17, 15) is 13.2 Å². The van der Waals surface area contributed by atoms with Crippen molar-refractivity contribution in [2.45, 2.75) is 6.18 Å². The predicted octanol–water partition coefficient (Wildman–Crippen LogP) is 1.08. The average Bonchev–Trinajstić information content (AvgIpc) is 1.86. The second kappa shape index (κ2) is 2.37. The third-order valence-corrected chi connectivity index (χ3v) is 0.966. The standard InChI is InChI=1S/C5H4F3N3/c6-5(7,8)4-1-3(9)2-10-11-4/h1-2H,(H2,9,11). The molecule has 1 rings (SSSR count). The Kier molecular flexibility index (Phi) is 1.67. The first-order valence-electron chi connectivity index (χ1n) is 2.65. The summed E-state index contributed by atoms with van der Waals surface area (Å²) in [7, 11) is 0. The highest BCUT2D eigenvalue weighted by Crippen LogP contribution is 2.27. The summed E-state index contributed by atoms with van der Waals surface area (Å²) in [4.78, 5) is 0. The van der Waals surface area contributed by atoms with Crippen molar-refractivity contribution < 1.29 is 13.2 Å². The Morgan fingerprint density at radius 1 is 1.36 bits per heavy atom. The molecule has 0 aliphatic heterocycles. The first kappa shape index (κ1) is 7.77. The van der Waals surface area contributed by atoms with Gasteiger partial charge in [0.25, 0.3) is 0 Å². The van der Waals surface area contributed by atoms with Crippen molar-refractivity contribution >= 4 is 5.69 Å². The maximum Gasteiger partial charge on any atom is 0.435 e. The molecule has 0 unspecified atom stereocenters. The third kappa shape index (κ3) is 1.79. The zero-order valence-electron chi connectivity index (χ0n) is 5.26. The lowest BCUT2D eigenvalue weighted by Gasteiger charge is -2.03. The van der Waals surface area contributed by atoms with E-state index in [0.717, 1.165) is 12.3 Å². The Labute approximate surface area is 60.0 Å². The minimum Gasteiger partial charge on any atom is -0.397 e. The van der Waals surface area contributed by atoms with Crippen LogP contribution in [0.2, 0.25) is 0 Å². The molecule has 11 heavy (non-hydrogen) atoms. The highest BCUT2D eigenvalue weighted by molar-refractivity contribution is 5.35. The van der Waals surface area contributed by atoms with Crippen LogP contribution in [0.5, 0.6) is 0 Å². The second-order valence-electron chi connectivity index (χ2n) is 1.87. The van der Waals surface area contributed by atoms with Crippen molar-refractivity contribution in [3.8, 4) is 0 Å². The summed E-state index contributed by atoms with van der Waals surface area (Å²) < 4.78 is 35.4. The van der Waals surface area contributed by atoms with E-state index in [4.69, 9.17) is 5.73 Å². The number of hydrogen-bond acceptors (Lipinski definition) is 3. The Morgan fingerprint density at radius 2 is 2.00 bits per heavy atom. The Morgan fingerprint density at radius 3 is 2.36 bits per heavy atom. The smallest absolute Gasteiger partial charge is 0.397 e. The Bertz CT molecular complexity index is 257. The van der Waals surface area contributed by atoms with Gasteiger partial charge in [-0.15, -0.1) is 5.10 Å². The van der Waals surface area contributed by atoms with Crippen molar-refractivity contribution in [1.29, 1.82) is 0 Å². The number of rotatable bonds is 0. The number of aromatic nitrogens is 2. The molecule has 0 aromatic carbocycles. The first-order valence-corrected chi connectivity index (χ1v) is 2.65. The highest BCUT2D eigenvalue weighted by atomic mass is 19.4. The summed E-state index contributed by atoms with van der Waals surface area (Å²) >= 11 is 0. The van der Waals surface area contributed by atoms with Crippen LogP contribution < -0.4 is 5.73 Å². The number of nitrogens with two attached hydrogens (primary N) is 1. The summed E-state index contributed by atoms with van der Waals surface area (Å²) in [6, 6.07) is 0.729.